The van der Waals surface area contributed by atoms with Gasteiger partial charge in [0.25, 0.3) is 10.1 Å². The Morgan fingerprint density at radius 2 is 0.571 bits per heavy atom. The lowest BCUT2D eigenvalue weighted by atomic mass is 9.80. The third-order valence-corrected chi connectivity index (χ3v) is 9.52. The lowest BCUT2D eigenvalue weighted by Crippen LogP contribution is -2.34. The Kier molecular flexibility index (Phi) is 22.5. The standard InChI is InChI=1S/C43H56O12S/c44-56(45,42-19-11-4-12-20-42)55-38-36-53-34-32-51-30-28-49-26-24-47-22-21-46-23-25-48-27-29-50-31-33-52-35-37-54-43(39-13-5-1-6-14-39,40-15-7-2-8-16-40)41-17-9-3-10-18-41/h1-20H,21-38H2. The smallest absolute Gasteiger partial charge is 0.297 e. The Labute approximate surface area is 332 Å². The number of hydrogen-bond donors (Lipinski definition) is 0. The van der Waals surface area contributed by atoms with Gasteiger partial charge in [0, 0.05) is 0 Å². The fraction of sp³-hybridized carbons (Fsp3) is 0.442. The number of benzene rings is 4. The predicted octanol–water partition coefficient (Wildman–Crippen LogP) is 5.53. The van der Waals surface area contributed by atoms with Gasteiger partial charge in [0.1, 0.15) is 5.60 Å². The van der Waals surface area contributed by atoms with Gasteiger partial charge in [-0.25, -0.2) is 0 Å². The van der Waals surface area contributed by atoms with Crippen LogP contribution < -0.4 is 0 Å². The van der Waals surface area contributed by atoms with Crippen LogP contribution in [-0.4, -0.2) is 127 Å². The third kappa shape index (κ3) is 16.9. The molecule has 0 aliphatic rings. The molecule has 0 amide bonds. The first-order valence-electron chi connectivity index (χ1n) is 19.0. The van der Waals surface area contributed by atoms with Crippen molar-refractivity contribution < 1.29 is 55.2 Å². The monoisotopic (exact) mass is 796 g/mol. The first-order valence-corrected chi connectivity index (χ1v) is 20.4. The first kappa shape index (κ1) is 45.1. The van der Waals surface area contributed by atoms with Crippen LogP contribution in [0.5, 0.6) is 0 Å². The van der Waals surface area contributed by atoms with E-state index in [1.54, 1.807) is 18.2 Å². The van der Waals surface area contributed by atoms with Gasteiger partial charge in [-0.15, -0.1) is 0 Å². The summed E-state index contributed by atoms with van der Waals surface area (Å²) in [4.78, 5) is 0.119. The molecule has 0 aliphatic carbocycles. The molecule has 0 bridgehead atoms. The highest BCUT2D eigenvalue weighted by atomic mass is 32.2. The van der Waals surface area contributed by atoms with Crippen LogP contribution in [-0.2, 0) is 62.5 Å². The van der Waals surface area contributed by atoms with E-state index in [1.165, 1.54) is 12.1 Å². The van der Waals surface area contributed by atoms with E-state index >= 15 is 0 Å². The number of rotatable bonds is 33. The van der Waals surface area contributed by atoms with E-state index in [0.29, 0.717) is 106 Å². The number of hydrogen-bond acceptors (Lipinski definition) is 12. The molecule has 0 radical (unpaired) electrons. The minimum absolute atomic E-state index is 0.0614. The molecule has 4 aromatic carbocycles. The van der Waals surface area contributed by atoms with E-state index in [2.05, 4.69) is 36.4 Å². The molecule has 0 unspecified atom stereocenters. The molecule has 306 valence electrons. The van der Waals surface area contributed by atoms with E-state index in [1.807, 2.05) is 54.6 Å². The van der Waals surface area contributed by atoms with Crippen LogP contribution in [0.15, 0.2) is 126 Å². The molecule has 0 spiro atoms. The van der Waals surface area contributed by atoms with Gasteiger partial charge in [-0.05, 0) is 28.8 Å². The van der Waals surface area contributed by atoms with Crippen LogP contribution >= 0.6 is 0 Å². The van der Waals surface area contributed by atoms with Crippen molar-refractivity contribution in [2.75, 3.05) is 119 Å². The second kappa shape index (κ2) is 27.9. The van der Waals surface area contributed by atoms with Gasteiger partial charge in [0.05, 0.1) is 124 Å². The normalized spacial score (nSPS) is 11.9. The Morgan fingerprint density at radius 1 is 0.321 bits per heavy atom. The van der Waals surface area contributed by atoms with Crippen molar-refractivity contribution in [3.8, 4) is 0 Å². The highest BCUT2D eigenvalue weighted by molar-refractivity contribution is 7.86. The van der Waals surface area contributed by atoms with E-state index in [4.69, 9.17) is 46.8 Å². The van der Waals surface area contributed by atoms with Crippen LogP contribution in [0.2, 0.25) is 0 Å². The van der Waals surface area contributed by atoms with Crippen LogP contribution in [0, 0.1) is 0 Å². The molecular formula is C43H56O12S. The molecule has 0 atom stereocenters. The van der Waals surface area contributed by atoms with Crippen LogP contribution in [0.4, 0.5) is 0 Å². The zero-order chi connectivity index (χ0) is 39.3. The van der Waals surface area contributed by atoms with Crippen molar-refractivity contribution in [2.45, 2.75) is 10.5 Å². The summed E-state index contributed by atoms with van der Waals surface area (Å²) in [6, 6.07) is 38.9. The lowest BCUT2D eigenvalue weighted by Gasteiger charge is -2.36. The maximum atomic E-state index is 12.0. The molecule has 0 fully saturated rings. The van der Waals surface area contributed by atoms with Crippen LogP contribution in [0.3, 0.4) is 0 Å². The summed E-state index contributed by atoms with van der Waals surface area (Å²) in [5.41, 5.74) is 2.42. The molecule has 4 aromatic rings. The van der Waals surface area contributed by atoms with Crippen molar-refractivity contribution in [1.82, 2.24) is 0 Å². The van der Waals surface area contributed by atoms with Crippen molar-refractivity contribution in [3.05, 3.63) is 138 Å². The fourth-order valence-corrected chi connectivity index (χ4v) is 6.44. The molecule has 0 N–H and O–H groups in total. The van der Waals surface area contributed by atoms with Gasteiger partial charge in [-0.3, -0.25) is 4.18 Å². The van der Waals surface area contributed by atoms with Crippen molar-refractivity contribution >= 4 is 10.1 Å². The third-order valence-electron chi connectivity index (χ3n) is 8.19. The molecular weight excluding hydrogens is 741 g/mol. The van der Waals surface area contributed by atoms with Gasteiger partial charge in [-0.2, -0.15) is 8.42 Å². The maximum absolute atomic E-state index is 12.0. The molecule has 0 aromatic heterocycles. The Balaban J connectivity index is 0.893. The summed E-state index contributed by atoms with van der Waals surface area (Å²) in [6.45, 7) is 7.13. The average molecular weight is 797 g/mol. The van der Waals surface area contributed by atoms with E-state index in [0.717, 1.165) is 16.7 Å². The molecule has 0 heterocycles. The van der Waals surface area contributed by atoms with Crippen molar-refractivity contribution in [2.24, 2.45) is 0 Å². The van der Waals surface area contributed by atoms with E-state index < -0.39 is 15.7 Å². The van der Waals surface area contributed by atoms with Gasteiger partial charge in [0.2, 0.25) is 0 Å². The molecule has 13 heteroatoms. The largest absolute Gasteiger partial charge is 0.377 e. The van der Waals surface area contributed by atoms with Crippen molar-refractivity contribution in [1.29, 1.82) is 0 Å². The van der Waals surface area contributed by atoms with E-state index in [-0.39, 0.29) is 18.1 Å². The quantitative estimate of drug-likeness (QED) is 0.0342. The Bertz CT molecular complexity index is 1530. The minimum Gasteiger partial charge on any atom is -0.377 e. The van der Waals surface area contributed by atoms with Crippen molar-refractivity contribution in [3.63, 3.8) is 0 Å². The second-order valence-corrected chi connectivity index (χ2v) is 13.7. The number of ether oxygens (including phenoxy) is 9. The summed E-state index contributed by atoms with van der Waals surface area (Å²) in [7, 11) is -3.77. The molecule has 0 aliphatic heterocycles. The van der Waals surface area contributed by atoms with Crippen LogP contribution in [0.25, 0.3) is 0 Å². The van der Waals surface area contributed by atoms with Gasteiger partial charge in [-0.1, -0.05) is 109 Å². The molecule has 4 rings (SSSR count). The fourth-order valence-electron chi connectivity index (χ4n) is 5.52. The zero-order valence-corrected chi connectivity index (χ0v) is 32.9. The summed E-state index contributed by atoms with van der Waals surface area (Å²) < 4.78 is 80.1. The Hall–Kier alpha value is -3.57. The average Bonchev–Trinajstić information content (AvgIpc) is 3.24. The van der Waals surface area contributed by atoms with Gasteiger partial charge in [0.15, 0.2) is 0 Å². The topological polar surface area (TPSA) is 126 Å². The second-order valence-electron chi connectivity index (χ2n) is 12.1. The highest BCUT2D eigenvalue weighted by Crippen LogP contribution is 2.40. The van der Waals surface area contributed by atoms with Crippen LogP contribution in [0.1, 0.15) is 16.7 Å². The summed E-state index contributed by atoms with van der Waals surface area (Å²) >= 11 is 0. The predicted molar refractivity (Wildman–Crippen MR) is 211 cm³/mol. The summed E-state index contributed by atoms with van der Waals surface area (Å²) in [5, 5.41) is 0. The minimum atomic E-state index is -3.77. The highest BCUT2D eigenvalue weighted by Gasteiger charge is 2.37. The first-order chi connectivity index (χ1) is 27.6. The molecule has 12 nitrogen and oxygen atoms in total. The maximum Gasteiger partial charge on any atom is 0.297 e. The molecule has 0 saturated carbocycles. The van der Waals surface area contributed by atoms with Gasteiger partial charge < -0.3 is 42.6 Å². The summed E-state index contributed by atoms with van der Waals surface area (Å²) in [6.07, 6.45) is 0. The Morgan fingerprint density at radius 3 is 0.875 bits per heavy atom. The SMILES string of the molecule is O=S(=O)(OCCOCCOCCOCCOCCOCCOCCOCCOCCOC(c1ccccc1)(c1ccccc1)c1ccccc1)c1ccccc1. The van der Waals surface area contributed by atoms with Gasteiger partial charge >= 0.3 is 0 Å². The molecule has 0 saturated heterocycles. The van der Waals surface area contributed by atoms with E-state index in [9.17, 15) is 8.42 Å². The molecule has 56 heavy (non-hydrogen) atoms. The zero-order valence-electron chi connectivity index (χ0n) is 32.1. The summed E-state index contributed by atoms with van der Waals surface area (Å²) in [5.74, 6) is 0. The lowest BCUT2D eigenvalue weighted by molar-refractivity contribution is -0.0398.